The molecule has 1 atom stereocenters. The van der Waals surface area contributed by atoms with Crippen molar-refractivity contribution < 1.29 is 5.11 Å². The third-order valence-electron chi connectivity index (χ3n) is 4.67. The Hall–Kier alpha value is -0.860. The van der Waals surface area contributed by atoms with Crippen molar-refractivity contribution in [3.05, 3.63) is 35.4 Å². The Kier molecular flexibility index (Phi) is 6.06. The second kappa shape index (κ2) is 7.80. The van der Waals surface area contributed by atoms with Crippen LogP contribution < -0.4 is 0 Å². The van der Waals surface area contributed by atoms with Gasteiger partial charge in [0.05, 0.1) is 6.10 Å². The van der Waals surface area contributed by atoms with Gasteiger partial charge in [0.1, 0.15) is 0 Å². The van der Waals surface area contributed by atoms with Crippen LogP contribution in [0.2, 0.25) is 0 Å². The van der Waals surface area contributed by atoms with Crippen molar-refractivity contribution in [2.24, 2.45) is 0 Å². The van der Waals surface area contributed by atoms with Crippen LogP contribution in [0.4, 0.5) is 0 Å². The Labute approximate surface area is 123 Å². The van der Waals surface area contributed by atoms with Gasteiger partial charge in [0.15, 0.2) is 0 Å². The third kappa shape index (κ3) is 4.60. The number of rotatable bonds is 5. The Morgan fingerprint density at radius 1 is 1.10 bits per heavy atom. The van der Waals surface area contributed by atoms with E-state index < -0.39 is 0 Å². The van der Waals surface area contributed by atoms with E-state index in [4.69, 9.17) is 0 Å². The fourth-order valence-corrected chi connectivity index (χ4v) is 3.16. The highest BCUT2D eigenvalue weighted by Gasteiger charge is 2.17. The molecule has 0 radical (unpaired) electrons. The van der Waals surface area contributed by atoms with E-state index in [1.54, 1.807) is 0 Å². The summed E-state index contributed by atoms with van der Waals surface area (Å²) >= 11 is 0. The summed E-state index contributed by atoms with van der Waals surface area (Å²) in [5.74, 6) is 0. The van der Waals surface area contributed by atoms with E-state index in [0.717, 1.165) is 24.6 Å². The van der Waals surface area contributed by atoms with Crippen molar-refractivity contribution in [3.8, 4) is 0 Å². The molecule has 2 rings (SSSR count). The SMILES string of the molecule is Cc1ccc(C(O)CCN(C)C2CCCCCC2)cc1. The quantitative estimate of drug-likeness (QED) is 0.819. The molecule has 1 aromatic rings. The summed E-state index contributed by atoms with van der Waals surface area (Å²) in [4.78, 5) is 2.46. The zero-order valence-electron chi connectivity index (χ0n) is 13.0. The summed E-state index contributed by atoms with van der Waals surface area (Å²) in [5.41, 5.74) is 2.29. The Bertz CT molecular complexity index is 379. The first-order valence-corrected chi connectivity index (χ1v) is 8.11. The molecule has 2 nitrogen and oxygen atoms in total. The van der Waals surface area contributed by atoms with Crippen LogP contribution >= 0.6 is 0 Å². The molecule has 1 saturated carbocycles. The van der Waals surface area contributed by atoms with Gasteiger partial charge < -0.3 is 10.0 Å². The third-order valence-corrected chi connectivity index (χ3v) is 4.67. The van der Waals surface area contributed by atoms with Crippen LogP contribution in [0.5, 0.6) is 0 Å². The van der Waals surface area contributed by atoms with E-state index in [1.807, 2.05) is 12.1 Å². The molecule has 0 bridgehead atoms. The largest absolute Gasteiger partial charge is 0.388 e. The molecular weight excluding hydrogens is 246 g/mol. The minimum Gasteiger partial charge on any atom is -0.388 e. The van der Waals surface area contributed by atoms with Gasteiger partial charge in [-0.2, -0.15) is 0 Å². The molecule has 1 fully saturated rings. The highest BCUT2D eigenvalue weighted by atomic mass is 16.3. The average Bonchev–Trinajstić information content (AvgIpc) is 2.74. The number of aryl methyl sites for hydroxylation is 1. The first kappa shape index (κ1) is 15.5. The topological polar surface area (TPSA) is 23.5 Å². The molecule has 1 aromatic carbocycles. The minimum absolute atomic E-state index is 0.330. The number of hydrogen-bond acceptors (Lipinski definition) is 2. The summed E-state index contributed by atoms with van der Waals surface area (Å²) < 4.78 is 0. The van der Waals surface area contributed by atoms with E-state index in [0.29, 0.717) is 0 Å². The predicted molar refractivity (Wildman–Crippen MR) is 84.9 cm³/mol. The van der Waals surface area contributed by atoms with Crippen LogP contribution in [-0.4, -0.2) is 29.6 Å². The molecule has 20 heavy (non-hydrogen) atoms. The first-order valence-electron chi connectivity index (χ1n) is 8.11. The van der Waals surface area contributed by atoms with Gasteiger partial charge in [0.25, 0.3) is 0 Å². The van der Waals surface area contributed by atoms with Gasteiger partial charge in [-0.25, -0.2) is 0 Å². The highest BCUT2D eigenvalue weighted by Crippen LogP contribution is 2.23. The molecule has 112 valence electrons. The number of aliphatic hydroxyl groups excluding tert-OH is 1. The van der Waals surface area contributed by atoms with E-state index in [2.05, 4.69) is 31.0 Å². The van der Waals surface area contributed by atoms with Crippen LogP contribution in [0.3, 0.4) is 0 Å². The van der Waals surface area contributed by atoms with Crippen LogP contribution in [-0.2, 0) is 0 Å². The Balaban J connectivity index is 1.79. The molecule has 2 heteroatoms. The maximum atomic E-state index is 10.3. The van der Waals surface area contributed by atoms with Crippen molar-refractivity contribution in [1.29, 1.82) is 0 Å². The molecule has 0 spiro atoms. The fraction of sp³-hybridized carbons (Fsp3) is 0.667. The van der Waals surface area contributed by atoms with Crippen LogP contribution in [0, 0.1) is 6.92 Å². The maximum Gasteiger partial charge on any atom is 0.0802 e. The van der Waals surface area contributed by atoms with Gasteiger partial charge in [-0.3, -0.25) is 0 Å². The molecule has 1 unspecified atom stereocenters. The number of hydrogen-bond donors (Lipinski definition) is 1. The van der Waals surface area contributed by atoms with Gasteiger partial charge in [0.2, 0.25) is 0 Å². The molecule has 0 aromatic heterocycles. The van der Waals surface area contributed by atoms with Crippen molar-refractivity contribution in [3.63, 3.8) is 0 Å². The van der Waals surface area contributed by atoms with Crippen LogP contribution in [0.15, 0.2) is 24.3 Å². The first-order chi connectivity index (χ1) is 9.66. The van der Waals surface area contributed by atoms with Crippen molar-refractivity contribution >= 4 is 0 Å². The van der Waals surface area contributed by atoms with Crippen LogP contribution in [0.25, 0.3) is 0 Å². The smallest absolute Gasteiger partial charge is 0.0802 e. The molecule has 1 aliphatic carbocycles. The zero-order valence-corrected chi connectivity index (χ0v) is 13.0. The van der Waals surface area contributed by atoms with E-state index in [-0.39, 0.29) is 6.10 Å². The number of nitrogens with zero attached hydrogens (tertiary/aromatic N) is 1. The molecule has 0 heterocycles. The zero-order chi connectivity index (χ0) is 14.4. The van der Waals surface area contributed by atoms with Gasteiger partial charge in [0, 0.05) is 12.6 Å². The average molecular weight is 275 g/mol. The monoisotopic (exact) mass is 275 g/mol. The fourth-order valence-electron chi connectivity index (χ4n) is 3.16. The lowest BCUT2D eigenvalue weighted by Gasteiger charge is -2.28. The predicted octanol–water partition coefficient (Wildman–Crippen LogP) is 4.07. The standard InChI is InChI=1S/C18H29NO/c1-15-9-11-16(12-10-15)18(20)13-14-19(2)17-7-5-3-4-6-8-17/h9-12,17-18,20H,3-8,13-14H2,1-2H3. The lowest BCUT2D eigenvalue weighted by molar-refractivity contribution is 0.132. The highest BCUT2D eigenvalue weighted by molar-refractivity contribution is 5.23. The maximum absolute atomic E-state index is 10.3. The van der Waals surface area contributed by atoms with Crippen molar-refractivity contribution in [1.82, 2.24) is 4.90 Å². The summed E-state index contributed by atoms with van der Waals surface area (Å²) in [7, 11) is 2.22. The van der Waals surface area contributed by atoms with Crippen LogP contribution in [0.1, 0.15) is 62.2 Å². The van der Waals surface area contributed by atoms with E-state index in [1.165, 1.54) is 44.1 Å². The molecule has 0 amide bonds. The molecule has 1 aliphatic rings. The second-order valence-corrected chi connectivity index (χ2v) is 6.34. The van der Waals surface area contributed by atoms with E-state index >= 15 is 0 Å². The van der Waals surface area contributed by atoms with Gasteiger partial charge in [-0.15, -0.1) is 0 Å². The summed E-state index contributed by atoms with van der Waals surface area (Å²) in [6, 6.07) is 8.97. The van der Waals surface area contributed by atoms with Gasteiger partial charge in [-0.05, 0) is 38.8 Å². The Morgan fingerprint density at radius 2 is 1.70 bits per heavy atom. The lowest BCUT2D eigenvalue weighted by Crippen LogP contribution is -2.32. The van der Waals surface area contributed by atoms with Gasteiger partial charge in [-0.1, -0.05) is 55.5 Å². The number of aliphatic hydroxyl groups is 1. The normalized spacial score (nSPS) is 19.0. The molecular formula is C18H29NO. The second-order valence-electron chi connectivity index (χ2n) is 6.34. The van der Waals surface area contributed by atoms with Gasteiger partial charge >= 0.3 is 0 Å². The number of benzene rings is 1. The molecule has 0 aliphatic heterocycles. The minimum atomic E-state index is -0.330. The molecule has 1 N–H and O–H groups in total. The van der Waals surface area contributed by atoms with E-state index in [9.17, 15) is 5.11 Å². The Morgan fingerprint density at radius 3 is 2.30 bits per heavy atom. The van der Waals surface area contributed by atoms with Crippen molar-refractivity contribution in [2.75, 3.05) is 13.6 Å². The lowest BCUT2D eigenvalue weighted by atomic mass is 10.0. The summed E-state index contributed by atoms with van der Waals surface area (Å²) in [6.45, 7) is 3.07. The molecule has 0 saturated heterocycles. The summed E-state index contributed by atoms with van der Waals surface area (Å²) in [6.07, 6.45) is 8.70. The van der Waals surface area contributed by atoms with Crippen molar-refractivity contribution in [2.45, 2.75) is 64.0 Å². The summed E-state index contributed by atoms with van der Waals surface area (Å²) in [5, 5.41) is 10.3.